The van der Waals surface area contributed by atoms with Crippen LogP contribution in [0.15, 0.2) is 60.8 Å². The third-order valence-electron chi connectivity index (χ3n) is 5.16. The maximum Gasteiger partial charge on any atom is 0.225 e. The molecule has 0 bridgehead atoms. The van der Waals surface area contributed by atoms with E-state index in [0.29, 0.717) is 18.5 Å². The first-order valence-electron chi connectivity index (χ1n) is 10.2. The Kier molecular flexibility index (Phi) is 6.12. The summed E-state index contributed by atoms with van der Waals surface area (Å²) < 4.78 is 0. The van der Waals surface area contributed by atoms with E-state index in [1.807, 2.05) is 36.4 Å². The fraction of sp³-hybridized carbons (Fsp3) is 0.348. The highest BCUT2D eigenvalue weighted by Crippen LogP contribution is 2.25. The number of benzene rings is 1. The van der Waals surface area contributed by atoms with Crippen molar-refractivity contribution in [3.8, 4) is 11.3 Å². The number of hydrogen-bond donors (Lipinski definition) is 2. The van der Waals surface area contributed by atoms with Gasteiger partial charge in [-0.1, -0.05) is 62.1 Å². The van der Waals surface area contributed by atoms with E-state index >= 15 is 0 Å². The molecule has 0 unspecified atom stereocenters. The molecular weight excluding hydrogens is 346 g/mol. The summed E-state index contributed by atoms with van der Waals surface area (Å²) in [6.45, 7) is 0.599. The summed E-state index contributed by atoms with van der Waals surface area (Å²) in [4.78, 5) is 13.8. The SMILES string of the molecule is c1ccc(-c2cc(NC3CCCCCC3)nc(NCc3ccccn3)n2)cc1. The van der Waals surface area contributed by atoms with E-state index < -0.39 is 0 Å². The zero-order valence-corrected chi connectivity index (χ0v) is 16.1. The minimum atomic E-state index is 0.490. The Morgan fingerprint density at radius 1 is 0.857 bits per heavy atom. The lowest BCUT2D eigenvalue weighted by Crippen LogP contribution is -2.19. The lowest BCUT2D eigenvalue weighted by molar-refractivity contribution is 0.617. The monoisotopic (exact) mass is 373 g/mol. The molecule has 2 heterocycles. The lowest BCUT2D eigenvalue weighted by atomic mass is 10.1. The Hall–Kier alpha value is -2.95. The Balaban J connectivity index is 1.57. The fourth-order valence-corrected chi connectivity index (χ4v) is 3.66. The minimum Gasteiger partial charge on any atom is -0.367 e. The average molecular weight is 374 g/mol. The number of rotatable bonds is 6. The second-order valence-electron chi connectivity index (χ2n) is 7.34. The van der Waals surface area contributed by atoms with E-state index in [-0.39, 0.29) is 0 Å². The first kappa shape index (κ1) is 18.4. The van der Waals surface area contributed by atoms with Gasteiger partial charge in [0.25, 0.3) is 0 Å². The smallest absolute Gasteiger partial charge is 0.225 e. The van der Waals surface area contributed by atoms with Crippen LogP contribution < -0.4 is 10.6 Å². The third kappa shape index (κ3) is 5.06. The van der Waals surface area contributed by atoms with Crippen LogP contribution in [0, 0.1) is 0 Å². The van der Waals surface area contributed by atoms with Crippen molar-refractivity contribution in [2.45, 2.75) is 51.1 Å². The Bertz CT molecular complexity index is 859. The summed E-state index contributed by atoms with van der Waals surface area (Å²) in [5, 5.41) is 7.00. The largest absolute Gasteiger partial charge is 0.367 e. The van der Waals surface area contributed by atoms with Gasteiger partial charge in [-0.2, -0.15) is 4.98 Å². The molecule has 5 nitrogen and oxygen atoms in total. The molecule has 5 heteroatoms. The van der Waals surface area contributed by atoms with E-state index in [2.05, 4.69) is 33.8 Å². The van der Waals surface area contributed by atoms with Crippen LogP contribution in [0.25, 0.3) is 11.3 Å². The maximum atomic E-state index is 4.74. The van der Waals surface area contributed by atoms with Crippen molar-refractivity contribution in [1.82, 2.24) is 15.0 Å². The number of anilines is 2. The lowest BCUT2D eigenvalue weighted by Gasteiger charge is -2.18. The molecule has 28 heavy (non-hydrogen) atoms. The van der Waals surface area contributed by atoms with Crippen LogP contribution >= 0.6 is 0 Å². The van der Waals surface area contributed by atoms with Gasteiger partial charge in [-0.25, -0.2) is 4.98 Å². The molecule has 1 aliphatic carbocycles. The molecule has 1 aromatic carbocycles. The highest BCUT2D eigenvalue weighted by molar-refractivity contribution is 5.64. The van der Waals surface area contributed by atoms with E-state index in [4.69, 9.17) is 9.97 Å². The minimum absolute atomic E-state index is 0.490. The molecular formula is C23H27N5. The van der Waals surface area contributed by atoms with Crippen molar-refractivity contribution < 1.29 is 0 Å². The van der Waals surface area contributed by atoms with E-state index in [9.17, 15) is 0 Å². The summed E-state index contributed by atoms with van der Waals surface area (Å²) in [5.41, 5.74) is 2.99. The predicted molar refractivity (Wildman–Crippen MR) is 114 cm³/mol. The highest BCUT2D eigenvalue weighted by atomic mass is 15.2. The first-order valence-corrected chi connectivity index (χ1v) is 10.2. The van der Waals surface area contributed by atoms with Gasteiger partial charge in [0.2, 0.25) is 5.95 Å². The van der Waals surface area contributed by atoms with Gasteiger partial charge in [0.1, 0.15) is 5.82 Å². The summed E-state index contributed by atoms with van der Waals surface area (Å²) in [7, 11) is 0. The molecule has 0 aliphatic heterocycles. The summed E-state index contributed by atoms with van der Waals surface area (Å²) in [6, 6.07) is 18.7. The molecule has 1 aliphatic rings. The number of nitrogens with zero attached hydrogens (tertiary/aromatic N) is 3. The van der Waals surface area contributed by atoms with Crippen LogP contribution in [0.5, 0.6) is 0 Å². The maximum absolute atomic E-state index is 4.74. The van der Waals surface area contributed by atoms with Gasteiger partial charge >= 0.3 is 0 Å². The van der Waals surface area contributed by atoms with Gasteiger partial charge in [-0.15, -0.1) is 0 Å². The zero-order valence-electron chi connectivity index (χ0n) is 16.1. The molecule has 2 N–H and O–H groups in total. The highest BCUT2D eigenvalue weighted by Gasteiger charge is 2.14. The average Bonchev–Trinajstić information content (AvgIpc) is 3.02. The van der Waals surface area contributed by atoms with Gasteiger partial charge in [0.05, 0.1) is 17.9 Å². The van der Waals surface area contributed by atoms with Crippen LogP contribution in [0.2, 0.25) is 0 Å². The normalized spacial score (nSPS) is 15.0. The van der Waals surface area contributed by atoms with Gasteiger partial charge in [-0.3, -0.25) is 4.98 Å². The molecule has 3 aromatic rings. The third-order valence-corrected chi connectivity index (χ3v) is 5.16. The molecule has 0 amide bonds. The Morgan fingerprint density at radius 2 is 1.64 bits per heavy atom. The first-order chi connectivity index (χ1) is 13.9. The quantitative estimate of drug-likeness (QED) is 0.575. The van der Waals surface area contributed by atoms with Gasteiger partial charge in [-0.05, 0) is 25.0 Å². The predicted octanol–water partition coefficient (Wildman–Crippen LogP) is 5.29. The topological polar surface area (TPSA) is 62.7 Å². The molecule has 4 rings (SSSR count). The van der Waals surface area contributed by atoms with Gasteiger partial charge in [0, 0.05) is 23.9 Å². The van der Waals surface area contributed by atoms with Crippen molar-refractivity contribution in [2.24, 2.45) is 0 Å². The Labute approximate surface area is 166 Å². The van der Waals surface area contributed by atoms with Crippen LogP contribution in [-0.2, 0) is 6.54 Å². The van der Waals surface area contributed by atoms with Gasteiger partial charge in [0.15, 0.2) is 0 Å². The van der Waals surface area contributed by atoms with E-state index in [1.165, 1.54) is 38.5 Å². The number of pyridine rings is 1. The van der Waals surface area contributed by atoms with Crippen LogP contribution in [0.4, 0.5) is 11.8 Å². The molecule has 0 saturated heterocycles. The fourth-order valence-electron chi connectivity index (χ4n) is 3.66. The summed E-state index contributed by atoms with van der Waals surface area (Å²) in [6.07, 6.45) is 9.49. The molecule has 1 fully saturated rings. The van der Waals surface area contributed by atoms with Gasteiger partial charge < -0.3 is 10.6 Å². The molecule has 0 spiro atoms. The van der Waals surface area contributed by atoms with E-state index in [1.54, 1.807) is 6.20 Å². The second kappa shape index (κ2) is 9.31. The molecule has 0 radical (unpaired) electrons. The molecule has 144 valence electrons. The number of aromatic nitrogens is 3. The van der Waals surface area contributed by atoms with Crippen molar-refractivity contribution in [2.75, 3.05) is 10.6 Å². The molecule has 0 atom stereocenters. The molecule has 1 saturated carbocycles. The summed E-state index contributed by atoms with van der Waals surface area (Å²) >= 11 is 0. The Morgan fingerprint density at radius 3 is 2.39 bits per heavy atom. The zero-order chi connectivity index (χ0) is 19.0. The van der Waals surface area contributed by atoms with Crippen molar-refractivity contribution in [3.63, 3.8) is 0 Å². The standard InChI is InChI=1S/C23H27N5/c1-2-7-13-19(12-6-1)26-22-16-21(18-10-4-3-5-11-18)27-23(28-22)25-17-20-14-8-9-15-24-20/h3-5,8-11,14-16,19H,1-2,6-7,12-13,17H2,(H2,25,26,27,28). The van der Waals surface area contributed by atoms with Crippen molar-refractivity contribution in [3.05, 3.63) is 66.5 Å². The summed E-state index contributed by atoms with van der Waals surface area (Å²) in [5.74, 6) is 1.52. The number of hydrogen-bond acceptors (Lipinski definition) is 5. The van der Waals surface area contributed by atoms with Crippen LogP contribution in [0.3, 0.4) is 0 Å². The van der Waals surface area contributed by atoms with Crippen molar-refractivity contribution in [1.29, 1.82) is 0 Å². The molecule has 2 aromatic heterocycles. The van der Waals surface area contributed by atoms with Crippen molar-refractivity contribution >= 4 is 11.8 Å². The van der Waals surface area contributed by atoms with Crippen LogP contribution in [0.1, 0.15) is 44.2 Å². The van der Waals surface area contributed by atoms with E-state index in [0.717, 1.165) is 22.8 Å². The number of nitrogens with one attached hydrogen (secondary N) is 2. The van der Waals surface area contributed by atoms with Crippen LogP contribution in [-0.4, -0.2) is 21.0 Å². The second-order valence-corrected chi connectivity index (χ2v) is 7.34.